The Labute approximate surface area is 136 Å². The summed E-state index contributed by atoms with van der Waals surface area (Å²) in [5.74, 6) is -1.50. The van der Waals surface area contributed by atoms with Crippen molar-refractivity contribution in [3.05, 3.63) is 66.6 Å². The zero-order valence-electron chi connectivity index (χ0n) is 12.4. The maximum Gasteiger partial charge on any atom is 0.322 e. The van der Waals surface area contributed by atoms with Gasteiger partial charge in [0.25, 0.3) is 0 Å². The van der Waals surface area contributed by atoms with Crippen LogP contribution in [-0.4, -0.2) is 16.9 Å². The average Bonchev–Trinajstić information content (AvgIpc) is 2.56. The van der Waals surface area contributed by atoms with Crippen LogP contribution in [0.2, 0.25) is 0 Å². The van der Waals surface area contributed by atoms with E-state index in [0.29, 0.717) is 5.75 Å². The van der Waals surface area contributed by atoms with Crippen LogP contribution < -0.4 is 9.47 Å². The quantitative estimate of drug-likeness (QED) is 0.418. The molecule has 0 N–H and O–H groups in total. The summed E-state index contributed by atoms with van der Waals surface area (Å²) < 4.78 is 22.8. The third kappa shape index (κ3) is 3.92. The Morgan fingerprint density at radius 3 is 2.33 bits per heavy atom. The molecule has 2 aromatic carbocycles. The number of hydrogen-bond acceptors (Lipinski definition) is 5. The first-order valence-electron chi connectivity index (χ1n) is 7.12. The van der Waals surface area contributed by atoms with Gasteiger partial charge >= 0.3 is 11.9 Å². The molecular weight excluding hydrogens is 313 g/mol. The van der Waals surface area contributed by atoms with Gasteiger partial charge in [0, 0.05) is 11.6 Å². The molecule has 6 heteroatoms. The van der Waals surface area contributed by atoms with Crippen molar-refractivity contribution >= 4 is 22.8 Å². The van der Waals surface area contributed by atoms with Crippen LogP contribution in [0.15, 0.2) is 60.8 Å². The Bertz CT molecular complexity index is 893. The SMILES string of the molecule is O=C(CC(=O)Oc1ccc2ncccc2c1)Oc1ccc(F)cc1. The Balaban J connectivity index is 1.59. The van der Waals surface area contributed by atoms with Gasteiger partial charge in [-0.3, -0.25) is 14.6 Å². The number of ether oxygens (including phenoxy) is 2. The fraction of sp³-hybridized carbons (Fsp3) is 0.0556. The van der Waals surface area contributed by atoms with Crippen LogP contribution in [0, 0.1) is 5.82 Å². The van der Waals surface area contributed by atoms with E-state index in [2.05, 4.69) is 4.98 Å². The van der Waals surface area contributed by atoms with Crippen molar-refractivity contribution in [2.24, 2.45) is 0 Å². The molecule has 120 valence electrons. The second kappa shape index (κ2) is 6.87. The van der Waals surface area contributed by atoms with Crippen LogP contribution in [0.4, 0.5) is 4.39 Å². The molecular formula is C18H12FNO4. The van der Waals surface area contributed by atoms with Gasteiger partial charge in [-0.05, 0) is 48.5 Å². The summed E-state index contributed by atoms with van der Waals surface area (Å²) in [6.45, 7) is 0. The van der Waals surface area contributed by atoms with E-state index in [1.54, 1.807) is 30.5 Å². The molecule has 0 bridgehead atoms. The maximum atomic E-state index is 12.8. The summed E-state index contributed by atoms with van der Waals surface area (Å²) in [6, 6.07) is 13.5. The minimum atomic E-state index is -0.783. The van der Waals surface area contributed by atoms with Gasteiger partial charge in [0.15, 0.2) is 0 Å². The molecule has 0 atom stereocenters. The molecule has 0 saturated carbocycles. The minimum absolute atomic E-state index is 0.158. The highest BCUT2D eigenvalue weighted by Crippen LogP contribution is 2.19. The normalized spacial score (nSPS) is 10.4. The topological polar surface area (TPSA) is 65.5 Å². The fourth-order valence-corrected chi connectivity index (χ4v) is 2.07. The van der Waals surface area contributed by atoms with Crippen LogP contribution in [0.3, 0.4) is 0 Å². The van der Waals surface area contributed by atoms with Crippen LogP contribution in [0.5, 0.6) is 11.5 Å². The number of aromatic nitrogens is 1. The average molecular weight is 325 g/mol. The standard InChI is InChI=1S/C18H12FNO4/c19-13-3-5-14(6-4-13)23-17(21)11-18(22)24-15-7-8-16-12(10-15)2-1-9-20-16/h1-10H,11H2. The molecule has 0 aliphatic heterocycles. The molecule has 5 nitrogen and oxygen atoms in total. The number of carbonyl (C=O) groups excluding carboxylic acids is 2. The van der Waals surface area contributed by atoms with Crippen molar-refractivity contribution in [3.8, 4) is 11.5 Å². The highest BCUT2D eigenvalue weighted by atomic mass is 19.1. The third-order valence-electron chi connectivity index (χ3n) is 3.14. The number of nitrogens with zero attached hydrogens (tertiary/aromatic N) is 1. The fourth-order valence-electron chi connectivity index (χ4n) is 2.07. The summed E-state index contributed by atoms with van der Waals surface area (Å²) in [5.41, 5.74) is 0.771. The lowest BCUT2D eigenvalue weighted by atomic mass is 10.2. The minimum Gasteiger partial charge on any atom is -0.426 e. The van der Waals surface area contributed by atoms with Gasteiger partial charge < -0.3 is 9.47 Å². The van der Waals surface area contributed by atoms with E-state index >= 15 is 0 Å². The molecule has 0 radical (unpaired) electrons. The number of pyridine rings is 1. The number of esters is 2. The summed E-state index contributed by atoms with van der Waals surface area (Å²) >= 11 is 0. The molecule has 1 aromatic heterocycles. The lowest BCUT2D eigenvalue weighted by molar-refractivity contribution is -0.144. The molecule has 24 heavy (non-hydrogen) atoms. The highest BCUT2D eigenvalue weighted by Gasteiger charge is 2.14. The molecule has 3 aromatic rings. The van der Waals surface area contributed by atoms with E-state index in [9.17, 15) is 14.0 Å². The summed E-state index contributed by atoms with van der Waals surface area (Å²) in [7, 11) is 0. The lowest BCUT2D eigenvalue weighted by Crippen LogP contribution is -2.18. The maximum absolute atomic E-state index is 12.8. The van der Waals surface area contributed by atoms with Crippen molar-refractivity contribution in [3.63, 3.8) is 0 Å². The van der Waals surface area contributed by atoms with Gasteiger partial charge in [0.2, 0.25) is 0 Å². The molecule has 0 fully saturated rings. The van der Waals surface area contributed by atoms with Gasteiger partial charge in [-0.25, -0.2) is 4.39 Å². The van der Waals surface area contributed by atoms with E-state index in [1.165, 1.54) is 12.1 Å². The highest BCUT2D eigenvalue weighted by molar-refractivity contribution is 5.93. The summed E-state index contributed by atoms with van der Waals surface area (Å²) in [4.78, 5) is 27.6. The van der Waals surface area contributed by atoms with Crippen LogP contribution in [0.25, 0.3) is 10.9 Å². The Hall–Kier alpha value is -3.28. The number of hydrogen-bond donors (Lipinski definition) is 0. The Morgan fingerprint density at radius 1 is 0.917 bits per heavy atom. The zero-order chi connectivity index (χ0) is 16.9. The van der Waals surface area contributed by atoms with E-state index in [4.69, 9.17) is 9.47 Å². The summed E-state index contributed by atoms with van der Waals surface area (Å²) in [6.07, 6.45) is 1.11. The Morgan fingerprint density at radius 2 is 1.58 bits per heavy atom. The molecule has 0 amide bonds. The van der Waals surface area contributed by atoms with Crippen molar-refractivity contribution < 1.29 is 23.5 Å². The molecule has 1 heterocycles. The molecule has 0 unspecified atom stereocenters. The Kier molecular flexibility index (Phi) is 4.47. The third-order valence-corrected chi connectivity index (χ3v) is 3.14. The van der Waals surface area contributed by atoms with Crippen molar-refractivity contribution in [2.45, 2.75) is 6.42 Å². The number of rotatable bonds is 4. The van der Waals surface area contributed by atoms with Gasteiger partial charge in [0.1, 0.15) is 23.7 Å². The lowest BCUT2D eigenvalue weighted by Gasteiger charge is -2.06. The van der Waals surface area contributed by atoms with Crippen molar-refractivity contribution in [1.82, 2.24) is 4.98 Å². The van der Waals surface area contributed by atoms with Crippen molar-refractivity contribution in [2.75, 3.05) is 0 Å². The monoisotopic (exact) mass is 325 g/mol. The zero-order valence-corrected chi connectivity index (χ0v) is 12.4. The van der Waals surface area contributed by atoms with E-state index in [0.717, 1.165) is 23.0 Å². The molecule has 0 aliphatic carbocycles. The second-order valence-corrected chi connectivity index (χ2v) is 4.94. The number of fused-ring (bicyclic) bond motifs is 1. The van der Waals surface area contributed by atoms with Gasteiger partial charge in [0.05, 0.1) is 5.52 Å². The smallest absolute Gasteiger partial charge is 0.322 e. The van der Waals surface area contributed by atoms with Gasteiger partial charge in [-0.15, -0.1) is 0 Å². The predicted octanol–water partition coefficient (Wildman–Crippen LogP) is 3.28. The molecule has 0 aliphatic rings. The molecule has 0 saturated heterocycles. The largest absolute Gasteiger partial charge is 0.426 e. The first kappa shape index (κ1) is 15.6. The van der Waals surface area contributed by atoms with E-state index in [-0.39, 0.29) is 5.75 Å². The first-order valence-corrected chi connectivity index (χ1v) is 7.12. The summed E-state index contributed by atoms with van der Waals surface area (Å²) in [5, 5.41) is 0.816. The second-order valence-electron chi connectivity index (χ2n) is 4.94. The van der Waals surface area contributed by atoms with E-state index in [1.807, 2.05) is 6.07 Å². The van der Waals surface area contributed by atoms with Crippen LogP contribution in [-0.2, 0) is 9.59 Å². The van der Waals surface area contributed by atoms with E-state index < -0.39 is 24.2 Å². The van der Waals surface area contributed by atoms with Crippen molar-refractivity contribution in [1.29, 1.82) is 0 Å². The first-order chi connectivity index (χ1) is 11.6. The number of carbonyl (C=O) groups is 2. The van der Waals surface area contributed by atoms with Crippen LogP contribution >= 0.6 is 0 Å². The molecule has 0 spiro atoms. The predicted molar refractivity (Wildman–Crippen MR) is 84.0 cm³/mol. The number of benzene rings is 2. The van der Waals surface area contributed by atoms with Crippen LogP contribution in [0.1, 0.15) is 6.42 Å². The van der Waals surface area contributed by atoms with Gasteiger partial charge in [-0.1, -0.05) is 6.07 Å². The number of halogens is 1. The van der Waals surface area contributed by atoms with Gasteiger partial charge in [-0.2, -0.15) is 0 Å². The molecule has 3 rings (SSSR count).